The van der Waals surface area contributed by atoms with E-state index in [0.717, 1.165) is 24.3 Å². The van der Waals surface area contributed by atoms with E-state index in [4.69, 9.17) is 0 Å². The molecule has 18 heteroatoms. The molecular weight excluding hydrogens is 579 g/mol. The molecule has 1 rings (SSSR count). The number of alkyl halides is 17. The first-order valence-electron chi connectivity index (χ1n) is 9.84. The van der Waals surface area contributed by atoms with Crippen molar-refractivity contribution >= 4 is 0 Å². The van der Waals surface area contributed by atoms with Gasteiger partial charge in [-0.2, -0.15) is 74.6 Å². The van der Waals surface area contributed by atoms with Gasteiger partial charge in [-0.25, -0.2) is 0 Å². The van der Waals surface area contributed by atoms with Crippen LogP contribution in [-0.4, -0.2) is 52.7 Å². The number of aliphatic hydroxyl groups excluding tert-OH is 1. The van der Waals surface area contributed by atoms with Gasteiger partial charge in [0.25, 0.3) is 0 Å². The minimum Gasteiger partial charge on any atom is -0.388 e. The lowest BCUT2D eigenvalue weighted by Crippen LogP contribution is -2.74. The predicted molar refractivity (Wildman–Crippen MR) is 95.4 cm³/mol. The molecule has 0 radical (unpaired) electrons. The molecule has 1 nitrogen and oxygen atoms in total. The molecule has 0 aliphatic carbocycles. The number of rotatable bonds is 9. The Balaban J connectivity index is 3.49. The standard InChI is InChI=1S/C20H17F17O/c1-12(2,3)10-6-4-9(5-7-10)11(38)8-13(21,22)14(23,24)15(25,26)16(27,28)17(29,30)18(31,32)19(33,34)20(35,36)37/h4-7,11,38H,8H2,1-3H3. The number of aliphatic hydroxyl groups is 1. The van der Waals surface area contributed by atoms with Gasteiger partial charge < -0.3 is 5.11 Å². The first-order valence-corrected chi connectivity index (χ1v) is 9.84. The van der Waals surface area contributed by atoms with E-state index in [0.29, 0.717) is 5.56 Å². The molecule has 38 heavy (non-hydrogen) atoms. The lowest BCUT2D eigenvalue weighted by Gasteiger charge is -2.43. The molecule has 0 saturated heterocycles. The molecule has 0 saturated carbocycles. The molecule has 0 aromatic heterocycles. The van der Waals surface area contributed by atoms with Crippen LogP contribution in [0.5, 0.6) is 0 Å². The van der Waals surface area contributed by atoms with Crippen molar-refractivity contribution in [2.24, 2.45) is 0 Å². The molecule has 0 amide bonds. The second-order valence-electron chi connectivity index (χ2n) is 9.24. The van der Waals surface area contributed by atoms with E-state index in [2.05, 4.69) is 0 Å². The smallest absolute Gasteiger partial charge is 0.388 e. The van der Waals surface area contributed by atoms with E-state index < -0.39 is 71.1 Å². The van der Waals surface area contributed by atoms with E-state index in [1.54, 1.807) is 20.8 Å². The molecule has 1 aromatic carbocycles. The highest BCUT2D eigenvalue weighted by atomic mass is 19.4. The average molecular weight is 596 g/mol. The highest BCUT2D eigenvalue weighted by Crippen LogP contribution is 2.64. The van der Waals surface area contributed by atoms with Crippen molar-refractivity contribution in [2.45, 2.75) is 86.3 Å². The summed E-state index contributed by atoms with van der Waals surface area (Å²) in [5.74, 6) is -56.9. The van der Waals surface area contributed by atoms with Crippen LogP contribution >= 0.6 is 0 Å². The van der Waals surface area contributed by atoms with Crippen LogP contribution in [0.25, 0.3) is 0 Å². The lowest BCUT2D eigenvalue weighted by molar-refractivity contribution is -0.462. The summed E-state index contributed by atoms with van der Waals surface area (Å²) in [6, 6.07) is 3.89. The second-order valence-corrected chi connectivity index (χ2v) is 9.24. The van der Waals surface area contributed by atoms with E-state index in [-0.39, 0.29) is 0 Å². The van der Waals surface area contributed by atoms with Gasteiger partial charge in [-0.3, -0.25) is 0 Å². The Bertz CT molecular complexity index is 971. The van der Waals surface area contributed by atoms with Gasteiger partial charge in [0.2, 0.25) is 0 Å². The molecule has 1 N–H and O–H groups in total. The van der Waals surface area contributed by atoms with Crippen LogP contribution in [0.15, 0.2) is 24.3 Å². The summed E-state index contributed by atoms with van der Waals surface area (Å²) in [4.78, 5) is 0. The number of halogens is 17. The number of hydrogen-bond donors (Lipinski definition) is 1. The van der Waals surface area contributed by atoms with Crippen LogP contribution in [0.1, 0.15) is 44.4 Å². The van der Waals surface area contributed by atoms with Crippen molar-refractivity contribution in [2.75, 3.05) is 0 Å². The lowest BCUT2D eigenvalue weighted by atomic mass is 9.85. The Kier molecular flexibility index (Phi) is 8.31. The molecule has 0 heterocycles. The van der Waals surface area contributed by atoms with E-state index in [9.17, 15) is 79.7 Å². The van der Waals surface area contributed by atoms with Crippen molar-refractivity contribution in [3.63, 3.8) is 0 Å². The maximum atomic E-state index is 14.1. The van der Waals surface area contributed by atoms with Gasteiger partial charge in [-0.05, 0) is 16.5 Å². The normalized spacial score (nSPS) is 16.6. The monoisotopic (exact) mass is 596 g/mol. The van der Waals surface area contributed by atoms with Crippen LogP contribution in [0.3, 0.4) is 0 Å². The van der Waals surface area contributed by atoms with Crippen molar-refractivity contribution in [3.05, 3.63) is 35.4 Å². The average Bonchev–Trinajstić information content (AvgIpc) is 2.71. The first-order chi connectivity index (χ1) is 16.3. The summed E-state index contributed by atoms with van der Waals surface area (Å²) in [6.45, 7) is 4.91. The Labute approximate surface area is 202 Å². The molecule has 0 spiro atoms. The largest absolute Gasteiger partial charge is 0.460 e. The van der Waals surface area contributed by atoms with Gasteiger partial charge in [0.15, 0.2) is 0 Å². The molecule has 1 aromatic rings. The SMILES string of the molecule is CC(C)(C)c1ccc(C(O)CC(F)(F)C(F)(F)C(F)(F)C(F)(F)C(F)(F)C(F)(F)C(F)(F)C(F)(F)F)cc1. The van der Waals surface area contributed by atoms with Gasteiger partial charge in [-0.1, -0.05) is 45.0 Å². The van der Waals surface area contributed by atoms with Crippen LogP contribution in [0.2, 0.25) is 0 Å². The van der Waals surface area contributed by atoms with Crippen molar-refractivity contribution in [1.29, 1.82) is 0 Å². The van der Waals surface area contributed by atoms with Gasteiger partial charge in [-0.15, -0.1) is 0 Å². The zero-order chi connectivity index (χ0) is 30.8. The van der Waals surface area contributed by atoms with Crippen molar-refractivity contribution in [3.8, 4) is 0 Å². The Hall–Kier alpha value is -2.01. The summed E-state index contributed by atoms with van der Waals surface area (Å²) in [7, 11) is 0. The molecule has 1 atom stereocenters. The van der Waals surface area contributed by atoms with Gasteiger partial charge >= 0.3 is 47.6 Å². The Morgan fingerprint density at radius 3 is 1.16 bits per heavy atom. The highest BCUT2D eigenvalue weighted by Gasteiger charge is 2.95. The third-order valence-corrected chi connectivity index (χ3v) is 5.40. The maximum Gasteiger partial charge on any atom is 0.460 e. The Morgan fingerprint density at radius 2 is 0.842 bits per heavy atom. The zero-order valence-electron chi connectivity index (χ0n) is 19.0. The molecular formula is C20H17F17O. The summed E-state index contributed by atoms with van der Waals surface area (Å²) in [5, 5.41) is 9.73. The fraction of sp³-hybridized carbons (Fsp3) is 0.700. The zero-order valence-corrected chi connectivity index (χ0v) is 19.0. The number of hydrogen-bond acceptors (Lipinski definition) is 1. The second kappa shape index (κ2) is 9.28. The quantitative estimate of drug-likeness (QED) is 0.284. The Morgan fingerprint density at radius 1 is 0.526 bits per heavy atom. The van der Waals surface area contributed by atoms with Crippen LogP contribution in [0.4, 0.5) is 74.6 Å². The summed E-state index contributed by atoms with van der Waals surface area (Å²) in [6.07, 6.45) is -13.6. The first kappa shape index (κ1) is 34.0. The molecule has 0 fully saturated rings. The summed E-state index contributed by atoms with van der Waals surface area (Å²) in [5.41, 5.74) is -0.856. The number of benzene rings is 1. The minimum absolute atomic E-state index is 0.454. The third kappa shape index (κ3) is 5.00. The van der Waals surface area contributed by atoms with E-state index in [1.807, 2.05) is 0 Å². The molecule has 0 aliphatic heterocycles. The predicted octanol–water partition coefficient (Wildman–Crippen LogP) is 8.42. The van der Waals surface area contributed by atoms with Crippen LogP contribution < -0.4 is 0 Å². The fourth-order valence-corrected chi connectivity index (χ4v) is 2.89. The molecule has 1 unspecified atom stereocenters. The van der Waals surface area contributed by atoms with Crippen molar-refractivity contribution < 1.29 is 79.7 Å². The molecule has 0 aliphatic rings. The van der Waals surface area contributed by atoms with Gasteiger partial charge in [0.1, 0.15) is 0 Å². The maximum absolute atomic E-state index is 14.1. The summed E-state index contributed by atoms with van der Waals surface area (Å²) < 4.78 is 226. The van der Waals surface area contributed by atoms with E-state index in [1.165, 1.54) is 0 Å². The molecule has 0 bridgehead atoms. The van der Waals surface area contributed by atoms with Gasteiger partial charge in [0, 0.05) is 6.42 Å². The van der Waals surface area contributed by atoms with Crippen LogP contribution in [-0.2, 0) is 5.41 Å². The van der Waals surface area contributed by atoms with E-state index >= 15 is 0 Å². The van der Waals surface area contributed by atoms with Gasteiger partial charge in [0.05, 0.1) is 6.10 Å². The topological polar surface area (TPSA) is 20.2 Å². The minimum atomic E-state index is -8.68. The fourth-order valence-electron chi connectivity index (χ4n) is 2.89. The third-order valence-electron chi connectivity index (χ3n) is 5.40. The van der Waals surface area contributed by atoms with Crippen molar-refractivity contribution in [1.82, 2.24) is 0 Å². The molecule has 222 valence electrons. The van der Waals surface area contributed by atoms with Crippen LogP contribution in [0, 0.1) is 0 Å². The highest BCUT2D eigenvalue weighted by molar-refractivity contribution is 5.29. The summed E-state index contributed by atoms with van der Waals surface area (Å²) >= 11 is 0.